The summed E-state index contributed by atoms with van der Waals surface area (Å²) in [5, 5.41) is 4.89. The van der Waals surface area contributed by atoms with Crippen molar-refractivity contribution in [1.82, 2.24) is 10.3 Å². The molecule has 4 rings (SSSR count). The summed E-state index contributed by atoms with van der Waals surface area (Å²) in [5.41, 5.74) is 3.50. The van der Waals surface area contributed by atoms with Crippen LogP contribution in [-0.4, -0.2) is 18.2 Å². The lowest BCUT2D eigenvalue weighted by Gasteiger charge is -2.25. The first kappa shape index (κ1) is 16.9. The van der Waals surface area contributed by atoms with Gasteiger partial charge in [-0.25, -0.2) is 0 Å². The van der Waals surface area contributed by atoms with E-state index in [0.29, 0.717) is 19.1 Å². The summed E-state index contributed by atoms with van der Waals surface area (Å²) in [6.07, 6.45) is 1.85. The quantitative estimate of drug-likeness (QED) is 0.738. The van der Waals surface area contributed by atoms with Crippen LogP contribution in [0.5, 0.6) is 11.5 Å². The smallest absolute Gasteiger partial charge is 0.161 e. The molecule has 0 radical (unpaired) electrons. The van der Waals surface area contributed by atoms with Gasteiger partial charge in [0.15, 0.2) is 11.5 Å². The van der Waals surface area contributed by atoms with Crippen LogP contribution < -0.4 is 14.8 Å². The van der Waals surface area contributed by atoms with Crippen LogP contribution in [0.4, 0.5) is 0 Å². The molecule has 0 fully saturated rings. The highest BCUT2D eigenvalue weighted by molar-refractivity contribution is 5.81. The lowest BCUT2D eigenvalue weighted by atomic mass is 9.95. The fourth-order valence-electron chi connectivity index (χ4n) is 3.52. The highest BCUT2D eigenvalue weighted by Gasteiger charge is 2.19. The Morgan fingerprint density at radius 3 is 2.65 bits per heavy atom. The van der Waals surface area contributed by atoms with Gasteiger partial charge in [0.1, 0.15) is 13.2 Å². The molecule has 0 bridgehead atoms. The van der Waals surface area contributed by atoms with Gasteiger partial charge in [-0.3, -0.25) is 4.98 Å². The van der Waals surface area contributed by atoms with Crippen LogP contribution in [0.3, 0.4) is 0 Å². The van der Waals surface area contributed by atoms with Crippen molar-refractivity contribution in [2.75, 3.05) is 13.2 Å². The number of rotatable bonds is 5. The molecular weight excluding hydrogens is 324 g/mol. The highest BCUT2D eigenvalue weighted by Crippen LogP contribution is 2.34. The first-order valence-electron chi connectivity index (χ1n) is 9.18. The van der Waals surface area contributed by atoms with Crippen molar-refractivity contribution < 1.29 is 9.47 Å². The minimum Gasteiger partial charge on any atom is -0.486 e. The van der Waals surface area contributed by atoms with Gasteiger partial charge >= 0.3 is 0 Å². The van der Waals surface area contributed by atoms with E-state index in [1.807, 2.05) is 18.3 Å². The van der Waals surface area contributed by atoms with Crippen molar-refractivity contribution in [1.29, 1.82) is 0 Å². The Morgan fingerprint density at radius 2 is 1.81 bits per heavy atom. The standard InChI is InChI=1S/C22H24N2O2/c1-15(2)21(17-8-9-19-20(13-17)26-12-11-25-19)24-14-18-6-3-5-16-7-4-10-23-22(16)18/h3-10,13,15,21,24H,11-12,14H2,1-2H3. The fourth-order valence-corrected chi connectivity index (χ4v) is 3.52. The monoisotopic (exact) mass is 348 g/mol. The van der Waals surface area contributed by atoms with Gasteiger partial charge in [0.25, 0.3) is 0 Å². The predicted molar refractivity (Wildman–Crippen MR) is 104 cm³/mol. The van der Waals surface area contributed by atoms with E-state index < -0.39 is 0 Å². The van der Waals surface area contributed by atoms with Crippen LogP contribution in [0.15, 0.2) is 54.7 Å². The molecule has 1 atom stereocenters. The van der Waals surface area contributed by atoms with E-state index in [4.69, 9.17) is 9.47 Å². The van der Waals surface area contributed by atoms with Crippen LogP contribution >= 0.6 is 0 Å². The summed E-state index contributed by atoms with van der Waals surface area (Å²) in [7, 11) is 0. The van der Waals surface area contributed by atoms with E-state index in [1.165, 1.54) is 16.5 Å². The van der Waals surface area contributed by atoms with Gasteiger partial charge in [-0.05, 0) is 35.2 Å². The number of benzene rings is 2. The Hall–Kier alpha value is -2.59. The summed E-state index contributed by atoms with van der Waals surface area (Å²) < 4.78 is 11.4. The van der Waals surface area contributed by atoms with E-state index in [1.54, 1.807) is 0 Å². The molecule has 0 amide bonds. The SMILES string of the molecule is CC(C)C(NCc1cccc2cccnc12)c1ccc2c(c1)OCCO2. The number of nitrogens with one attached hydrogen (secondary N) is 1. The van der Waals surface area contributed by atoms with E-state index >= 15 is 0 Å². The molecule has 134 valence electrons. The second-order valence-electron chi connectivity index (χ2n) is 7.00. The zero-order chi connectivity index (χ0) is 17.9. The maximum Gasteiger partial charge on any atom is 0.161 e. The largest absolute Gasteiger partial charge is 0.486 e. The zero-order valence-electron chi connectivity index (χ0n) is 15.2. The Labute approximate surface area is 154 Å². The first-order chi connectivity index (χ1) is 12.7. The molecular formula is C22H24N2O2. The third kappa shape index (κ3) is 3.37. The lowest BCUT2D eigenvalue weighted by molar-refractivity contribution is 0.171. The summed E-state index contributed by atoms with van der Waals surface area (Å²) in [5.74, 6) is 2.12. The molecule has 1 aliphatic rings. The molecule has 0 saturated heterocycles. The topological polar surface area (TPSA) is 43.4 Å². The average molecular weight is 348 g/mol. The number of hydrogen-bond acceptors (Lipinski definition) is 4. The molecule has 1 unspecified atom stereocenters. The lowest BCUT2D eigenvalue weighted by Crippen LogP contribution is -2.26. The van der Waals surface area contributed by atoms with Crippen molar-refractivity contribution in [3.63, 3.8) is 0 Å². The van der Waals surface area contributed by atoms with Crippen molar-refractivity contribution >= 4 is 10.9 Å². The second kappa shape index (κ2) is 7.34. The Morgan fingerprint density at radius 1 is 1.00 bits per heavy atom. The number of ether oxygens (including phenoxy) is 2. The normalized spacial score (nSPS) is 14.6. The molecule has 4 nitrogen and oxygen atoms in total. The van der Waals surface area contributed by atoms with E-state index in [9.17, 15) is 0 Å². The van der Waals surface area contributed by atoms with Gasteiger partial charge in [0.05, 0.1) is 5.52 Å². The fraction of sp³-hybridized carbons (Fsp3) is 0.318. The Bertz CT molecular complexity index is 902. The molecule has 1 aliphatic heterocycles. The maximum absolute atomic E-state index is 5.75. The third-order valence-electron chi connectivity index (χ3n) is 4.82. The van der Waals surface area contributed by atoms with Gasteiger partial charge in [0, 0.05) is 24.2 Å². The van der Waals surface area contributed by atoms with Gasteiger partial charge in [0.2, 0.25) is 0 Å². The number of para-hydroxylation sites is 1. The zero-order valence-corrected chi connectivity index (χ0v) is 15.2. The molecule has 2 heterocycles. The summed E-state index contributed by atoms with van der Waals surface area (Å²) in [4.78, 5) is 4.56. The molecule has 4 heteroatoms. The van der Waals surface area contributed by atoms with Crippen LogP contribution in [0.2, 0.25) is 0 Å². The Kier molecular flexibility index (Phi) is 4.76. The molecule has 26 heavy (non-hydrogen) atoms. The molecule has 2 aromatic carbocycles. The van der Waals surface area contributed by atoms with E-state index in [-0.39, 0.29) is 6.04 Å². The van der Waals surface area contributed by atoms with E-state index in [0.717, 1.165) is 23.6 Å². The van der Waals surface area contributed by atoms with Crippen LogP contribution in [0.1, 0.15) is 31.0 Å². The summed E-state index contributed by atoms with van der Waals surface area (Å²) in [6, 6.07) is 16.9. The maximum atomic E-state index is 5.75. The number of hydrogen-bond donors (Lipinski definition) is 1. The van der Waals surface area contributed by atoms with Gasteiger partial charge in [-0.2, -0.15) is 0 Å². The number of nitrogens with zero attached hydrogens (tertiary/aromatic N) is 1. The molecule has 0 saturated carbocycles. The molecule has 1 aromatic heterocycles. The Balaban J connectivity index is 1.58. The predicted octanol–water partition coefficient (Wildman–Crippen LogP) is 4.49. The highest BCUT2D eigenvalue weighted by atomic mass is 16.6. The summed E-state index contributed by atoms with van der Waals surface area (Å²) >= 11 is 0. The van der Waals surface area contributed by atoms with Crippen LogP contribution in [-0.2, 0) is 6.54 Å². The second-order valence-corrected chi connectivity index (χ2v) is 7.00. The van der Waals surface area contributed by atoms with Crippen molar-refractivity contribution in [2.45, 2.75) is 26.4 Å². The number of fused-ring (bicyclic) bond motifs is 2. The van der Waals surface area contributed by atoms with Crippen molar-refractivity contribution in [3.8, 4) is 11.5 Å². The molecule has 3 aromatic rings. The van der Waals surface area contributed by atoms with Gasteiger partial charge in [-0.1, -0.05) is 44.2 Å². The number of aromatic nitrogens is 1. The van der Waals surface area contributed by atoms with Gasteiger partial charge < -0.3 is 14.8 Å². The molecule has 0 spiro atoms. The third-order valence-corrected chi connectivity index (χ3v) is 4.82. The summed E-state index contributed by atoms with van der Waals surface area (Å²) in [6.45, 7) is 6.46. The average Bonchev–Trinajstić information content (AvgIpc) is 2.68. The first-order valence-corrected chi connectivity index (χ1v) is 9.18. The van der Waals surface area contributed by atoms with Crippen molar-refractivity contribution in [2.24, 2.45) is 5.92 Å². The number of pyridine rings is 1. The molecule has 1 N–H and O–H groups in total. The van der Waals surface area contributed by atoms with Crippen molar-refractivity contribution in [3.05, 3.63) is 65.9 Å². The van der Waals surface area contributed by atoms with E-state index in [2.05, 4.69) is 60.5 Å². The minimum absolute atomic E-state index is 0.227. The van der Waals surface area contributed by atoms with Crippen LogP contribution in [0, 0.1) is 5.92 Å². The van der Waals surface area contributed by atoms with Crippen LogP contribution in [0.25, 0.3) is 10.9 Å². The minimum atomic E-state index is 0.227. The van der Waals surface area contributed by atoms with Gasteiger partial charge in [-0.15, -0.1) is 0 Å². The molecule has 0 aliphatic carbocycles.